The van der Waals surface area contributed by atoms with Crippen LogP contribution in [0.2, 0.25) is 0 Å². The number of carbonyl (C=O) groups is 1. The number of aromatic nitrogens is 2. The Hall–Kier alpha value is -3.14. The standard InChI is InChI=1S/C24H22F4N2O3S/c1-3-15(16-6-9-21(18(25)11-16)34-24(26,27)28)12-20(31)19-13-23(32)30-22(29-19)10-14-4-7-17(33-2)8-5-14/h4-9,11,13,15H,3,10,12H2,1-2H3,(H,29,30,32)/t15-/m0/s1. The lowest BCUT2D eigenvalue weighted by atomic mass is 9.90. The molecule has 0 bridgehead atoms. The molecule has 0 aliphatic heterocycles. The Kier molecular flexibility index (Phi) is 8.14. The van der Waals surface area contributed by atoms with E-state index in [9.17, 15) is 27.2 Å². The zero-order valence-corrected chi connectivity index (χ0v) is 19.2. The predicted octanol–water partition coefficient (Wildman–Crippen LogP) is 5.89. The van der Waals surface area contributed by atoms with Crippen LogP contribution in [0.4, 0.5) is 17.6 Å². The van der Waals surface area contributed by atoms with E-state index in [1.807, 2.05) is 12.1 Å². The predicted molar refractivity (Wildman–Crippen MR) is 121 cm³/mol. The summed E-state index contributed by atoms with van der Waals surface area (Å²) in [7, 11) is 1.55. The van der Waals surface area contributed by atoms with Crippen molar-refractivity contribution in [3.05, 3.63) is 87.3 Å². The molecule has 0 aliphatic rings. The van der Waals surface area contributed by atoms with E-state index in [-0.39, 0.29) is 12.1 Å². The molecule has 0 fully saturated rings. The fourth-order valence-electron chi connectivity index (χ4n) is 3.48. The number of aromatic amines is 1. The number of rotatable bonds is 9. The molecule has 2 aromatic carbocycles. The number of ether oxygens (including phenoxy) is 1. The van der Waals surface area contributed by atoms with Gasteiger partial charge in [-0.2, -0.15) is 13.2 Å². The van der Waals surface area contributed by atoms with Crippen LogP contribution in [0.3, 0.4) is 0 Å². The maximum atomic E-state index is 14.2. The molecule has 3 aromatic rings. The van der Waals surface area contributed by atoms with Crippen LogP contribution in [0.15, 0.2) is 58.2 Å². The highest BCUT2D eigenvalue weighted by Crippen LogP contribution is 2.39. The van der Waals surface area contributed by atoms with E-state index >= 15 is 0 Å². The van der Waals surface area contributed by atoms with Crippen LogP contribution in [0.5, 0.6) is 5.75 Å². The third kappa shape index (κ3) is 6.93. The Morgan fingerprint density at radius 1 is 1.15 bits per heavy atom. The lowest BCUT2D eigenvalue weighted by Gasteiger charge is -2.16. The minimum Gasteiger partial charge on any atom is -0.497 e. The summed E-state index contributed by atoms with van der Waals surface area (Å²) in [6.45, 7) is 1.79. The van der Waals surface area contributed by atoms with Gasteiger partial charge in [0.2, 0.25) is 0 Å². The van der Waals surface area contributed by atoms with E-state index in [0.29, 0.717) is 30.0 Å². The number of benzene rings is 2. The average Bonchev–Trinajstić information content (AvgIpc) is 2.78. The number of H-pyrrole nitrogens is 1. The minimum absolute atomic E-state index is 0.0181. The second-order valence-corrected chi connectivity index (χ2v) is 8.68. The van der Waals surface area contributed by atoms with Crippen molar-refractivity contribution < 1.29 is 27.1 Å². The van der Waals surface area contributed by atoms with Gasteiger partial charge in [0.05, 0.1) is 12.0 Å². The van der Waals surface area contributed by atoms with Crippen LogP contribution in [0.1, 0.15) is 53.1 Å². The molecular formula is C24H22F4N2O3S. The molecule has 1 N–H and O–H groups in total. The SMILES string of the molecule is CC[C@@H](CC(=O)c1cc(=O)[nH]c(Cc2ccc(OC)cc2)n1)c1ccc(SC(F)(F)F)c(F)c1. The molecular weight excluding hydrogens is 472 g/mol. The van der Waals surface area contributed by atoms with Crippen LogP contribution < -0.4 is 10.3 Å². The molecule has 0 spiro atoms. The van der Waals surface area contributed by atoms with Gasteiger partial charge in [0.25, 0.3) is 5.56 Å². The quantitative estimate of drug-likeness (QED) is 0.228. The Morgan fingerprint density at radius 3 is 2.44 bits per heavy atom. The van der Waals surface area contributed by atoms with Crippen LogP contribution >= 0.6 is 11.8 Å². The molecule has 0 unspecified atom stereocenters. The topological polar surface area (TPSA) is 72.0 Å². The van der Waals surface area contributed by atoms with Gasteiger partial charge in [-0.3, -0.25) is 9.59 Å². The number of ketones is 1. The van der Waals surface area contributed by atoms with Gasteiger partial charge < -0.3 is 9.72 Å². The van der Waals surface area contributed by atoms with Crippen molar-refractivity contribution >= 4 is 17.5 Å². The van der Waals surface area contributed by atoms with Gasteiger partial charge in [-0.05, 0) is 59.5 Å². The highest BCUT2D eigenvalue weighted by atomic mass is 32.2. The first-order valence-corrected chi connectivity index (χ1v) is 11.2. The van der Waals surface area contributed by atoms with E-state index in [2.05, 4.69) is 9.97 Å². The number of hydrogen-bond donors (Lipinski definition) is 1. The fourth-order valence-corrected chi connectivity index (χ4v) is 4.02. The number of alkyl halides is 3. The van der Waals surface area contributed by atoms with E-state index in [4.69, 9.17) is 4.74 Å². The number of hydrogen-bond acceptors (Lipinski definition) is 5. The van der Waals surface area contributed by atoms with Crippen molar-refractivity contribution in [3.8, 4) is 5.75 Å². The maximum Gasteiger partial charge on any atom is 0.446 e. The Bertz CT molecular complexity index is 1210. The van der Waals surface area contributed by atoms with Gasteiger partial charge in [0, 0.05) is 18.9 Å². The number of nitrogens with one attached hydrogen (secondary N) is 1. The molecule has 0 amide bonds. The molecule has 0 saturated carbocycles. The lowest BCUT2D eigenvalue weighted by Crippen LogP contribution is -2.17. The number of carbonyl (C=O) groups excluding carboxylic acids is 1. The molecule has 1 atom stereocenters. The van der Waals surface area contributed by atoms with Crippen molar-refractivity contribution in [2.45, 2.75) is 42.5 Å². The van der Waals surface area contributed by atoms with E-state index in [0.717, 1.165) is 23.8 Å². The van der Waals surface area contributed by atoms with Gasteiger partial charge in [0.1, 0.15) is 23.1 Å². The van der Waals surface area contributed by atoms with Gasteiger partial charge >= 0.3 is 5.51 Å². The lowest BCUT2D eigenvalue weighted by molar-refractivity contribution is -0.0329. The summed E-state index contributed by atoms with van der Waals surface area (Å²) in [4.78, 5) is 31.4. The van der Waals surface area contributed by atoms with Crippen molar-refractivity contribution in [1.29, 1.82) is 0 Å². The summed E-state index contributed by atoms with van der Waals surface area (Å²) >= 11 is -0.525. The van der Waals surface area contributed by atoms with E-state index in [1.165, 1.54) is 6.07 Å². The number of halogens is 4. The summed E-state index contributed by atoms with van der Waals surface area (Å²) in [5.41, 5.74) is -3.83. The Labute approximate surface area is 197 Å². The van der Waals surface area contributed by atoms with Crippen molar-refractivity contribution in [3.63, 3.8) is 0 Å². The molecule has 0 aliphatic carbocycles. The number of nitrogens with zero attached hydrogens (tertiary/aromatic N) is 1. The molecule has 1 aromatic heterocycles. The third-order valence-corrected chi connectivity index (χ3v) is 5.97. The fraction of sp³-hybridized carbons (Fsp3) is 0.292. The molecule has 0 saturated heterocycles. The highest BCUT2D eigenvalue weighted by Gasteiger charge is 2.31. The van der Waals surface area contributed by atoms with Crippen LogP contribution in [-0.2, 0) is 6.42 Å². The molecule has 3 rings (SSSR count). The molecule has 34 heavy (non-hydrogen) atoms. The third-order valence-electron chi connectivity index (χ3n) is 5.18. The van der Waals surface area contributed by atoms with Crippen molar-refractivity contribution in [2.75, 3.05) is 7.11 Å². The van der Waals surface area contributed by atoms with Gasteiger partial charge in [-0.25, -0.2) is 9.37 Å². The van der Waals surface area contributed by atoms with Crippen molar-refractivity contribution in [2.24, 2.45) is 0 Å². The molecule has 1 heterocycles. The van der Waals surface area contributed by atoms with E-state index < -0.39 is 45.2 Å². The minimum atomic E-state index is -4.60. The average molecular weight is 495 g/mol. The van der Waals surface area contributed by atoms with Crippen LogP contribution in [0.25, 0.3) is 0 Å². The zero-order chi connectivity index (χ0) is 24.9. The Balaban J connectivity index is 1.77. The maximum absolute atomic E-state index is 14.2. The zero-order valence-electron chi connectivity index (χ0n) is 18.4. The van der Waals surface area contributed by atoms with Gasteiger partial charge in [-0.1, -0.05) is 25.1 Å². The normalized spacial score (nSPS) is 12.4. The van der Waals surface area contributed by atoms with Gasteiger partial charge in [0.15, 0.2) is 5.78 Å². The van der Waals surface area contributed by atoms with Crippen LogP contribution in [0, 0.1) is 5.82 Å². The highest BCUT2D eigenvalue weighted by molar-refractivity contribution is 8.00. The molecule has 0 radical (unpaired) electrons. The number of methoxy groups -OCH3 is 1. The second kappa shape index (κ2) is 10.9. The Morgan fingerprint density at radius 2 is 1.85 bits per heavy atom. The molecule has 10 heteroatoms. The number of Topliss-reactive ketones (excluding diaryl/α,β-unsaturated/α-hetero) is 1. The summed E-state index contributed by atoms with van der Waals surface area (Å²) in [6.07, 6.45) is 0.667. The largest absolute Gasteiger partial charge is 0.497 e. The monoisotopic (exact) mass is 494 g/mol. The first-order valence-electron chi connectivity index (χ1n) is 10.4. The molecule has 180 valence electrons. The smallest absolute Gasteiger partial charge is 0.446 e. The first kappa shape index (κ1) is 25.5. The first-order chi connectivity index (χ1) is 16.1. The summed E-state index contributed by atoms with van der Waals surface area (Å²) < 4.78 is 57.0. The van der Waals surface area contributed by atoms with E-state index in [1.54, 1.807) is 26.2 Å². The summed E-state index contributed by atoms with van der Waals surface area (Å²) in [6, 6.07) is 11.8. The molecule has 5 nitrogen and oxygen atoms in total. The van der Waals surface area contributed by atoms with Gasteiger partial charge in [-0.15, -0.1) is 0 Å². The van der Waals surface area contributed by atoms with Crippen LogP contribution in [-0.4, -0.2) is 28.4 Å². The van der Waals surface area contributed by atoms with Crippen molar-refractivity contribution in [1.82, 2.24) is 9.97 Å². The second-order valence-electron chi connectivity index (χ2n) is 7.57. The summed E-state index contributed by atoms with van der Waals surface area (Å²) in [5.74, 6) is -0.863. The summed E-state index contributed by atoms with van der Waals surface area (Å²) in [5, 5.41) is 0. The number of thioether (sulfide) groups is 1.